The van der Waals surface area contributed by atoms with Crippen molar-refractivity contribution < 1.29 is 4.79 Å². The van der Waals surface area contributed by atoms with Crippen LogP contribution in [0.3, 0.4) is 0 Å². The van der Waals surface area contributed by atoms with Crippen LogP contribution in [0.1, 0.15) is 36.2 Å². The molecule has 2 rings (SSSR count). The summed E-state index contributed by atoms with van der Waals surface area (Å²) < 4.78 is 0.173. The van der Waals surface area contributed by atoms with E-state index in [1.165, 1.54) is 0 Å². The molecule has 0 aliphatic carbocycles. The van der Waals surface area contributed by atoms with Crippen LogP contribution in [0.5, 0.6) is 0 Å². The maximum absolute atomic E-state index is 12.0. The number of amides is 1. The Balaban J connectivity index is 1.94. The molecule has 0 fully saturated rings. The van der Waals surface area contributed by atoms with Crippen LogP contribution in [0.15, 0.2) is 29.1 Å². The summed E-state index contributed by atoms with van der Waals surface area (Å²) in [5, 5.41) is 9.29. The normalized spacial score (nSPS) is 11.9. The molecule has 0 saturated heterocycles. The van der Waals surface area contributed by atoms with E-state index >= 15 is 0 Å². The van der Waals surface area contributed by atoms with Crippen LogP contribution >= 0.6 is 12.2 Å². The van der Waals surface area contributed by atoms with E-state index in [1.807, 2.05) is 38.1 Å². The highest BCUT2D eigenvalue weighted by molar-refractivity contribution is 7.71. The zero-order chi connectivity index (χ0) is 16.1. The van der Waals surface area contributed by atoms with E-state index in [2.05, 4.69) is 20.5 Å². The number of benzene rings is 1. The topological polar surface area (TPSA) is 90.6 Å². The number of carbonyl (C=O) groups excluding carboxylic acids is 1. The number of aryl methyl sites for hydroxylation is 2. The molecule has 1 atom stereocenters. The minimum atomic E-state index is -0.358. The maximum Gasteiger partial charge on any atom is 0.273 e. The fraction of sp³-hybridized carbons (Fsp3) is 0.333. The lowest BCUT2D eigenvalue weighted by molar-refractivity contribution is -0.121. The van der Waals surface area contributed by atoms with Crippen LogP contribution in [0.2, 0.25) is 0 Å². The highest BCUT2D eigenvalue weighted by Crippen LogP contribution is 2.16. The molecule has 6 nitrogen and oxygen atoms in total. The third kappa shape index (κ3) is 4.11. The van der Waals surface area contributed by atoms with Gasteiger partial charge in [0.05, 0.1) is 6.04 Å². The third-order valence-corrected chi connectivity index (χ3v) is 3.60. The Hall–Kier alpha value is -2.28. The third-order valence-electron chi connectivity index (χ3n) is 3.40. The van der Waals surface area contributed by atoms with E-state index < -0.39 is 0 Å². The van der Waals surface area contributed by atoms with Crippen molar-refractivity contribution in [1.29, 1.82) is 0 Å². The maximum atomic E-state index is 12.0. The van der Waals surface area contributed by atoms with Crippen LogP contribution in [-0.2, 0) is 11.2 Å². The molecule has 0 radical (unpaired) electrons. The zero-order valence-corrected chi connectivity index (χ0v) is 13.3. The summed E-state index contributed by atoms with van der Waals surface area (Å²) in [6.07, 6.45) is 0.449. The fourth-order valence-corrected chi connectivity index (χ4v) is 2.38. The molecule has 1 heterocycles. The molecule has 3 N–H and O–H groups in total. The van der Waals surface area contributed by atoms with Gasteiger partial charge in [-0.25, -0.2) is 0 Å². The largest absolute Gasteiger partial charge is 0.350 e. The van der Waals surface area contributed by atoms with Gasteiger partial charge in [0.15, 0.2) is 4.77 Å². The van der Waals surface area contributed by atoms with Gasteiger partial charge in [0.25, 0.3) is 5.56 Å². The highest BCUT2D eigenvalue weighted by Gasteiger charge is 2.12. The van der Waals surface area contributed by atoms with Crippen molar-refractivity contribution >= 4 is 18.1 Å². The molecule has 116 valence electrons. The predicted octanol–water partition coefficient (Wildman–Crippen LogP) is 1.95. The summed E-state index contributed by atoms with van der Waals surface area (Å²) in [4.78, 5) is 26.1. The molecule has 0 bridgehead atoms. The molecule has 0 saturated carbocycles. The lowest BCUT2D eigenvalue weighted by atomic mass is 10.0. The molecular formula is C15H18N4O2S. The first-order valence-electron chi connectivity index (χ1n) is 7.00. The Morgan fingerprint density at radius 3 is 2.82 bits per heavy atom. The summed E-state index contributed by atoms with van der Waals surface area (Å²) >= 11 is 4.77. The summed E-state index contributed by atoms with van der Waals surface area (Å²) in [7, 11) is 0. The van der Waals surface area contributed by atoms with Gasteiger partial charge in [0.1, 0.15) is 5.69 Å². The quantitative estimate of drug-likeness (QED) is 0.735. The first-order valence-corrected chi connectivity index (χ1v) is 7.41. The summed E-state index contributed by atoms with van der Waals surface area (Å²) in [6, 6.07) is 7.82. The van der Waals surface area contributed by atoms with E-state index in [0.717, 1.165) is 11.1 Å². The number of H-pyrrole nitrogens is 2. The number of aromatic nitrogens is 3. The van der Waals surface area contributed by atoms with Gasteiger partial charge in [0.2, 0.25) is 5.91 Å². The SMILES string of the molecule is Cc1ccccc1C(C)NC(=O)CCc1n[nH]c(=S)[nH]c1=O. The van der Waals surface area contributed by atoms with Crippen molar-refractivity contribution in [1.82, 2.24) is 20.5 Å². The van der Waals surface area contributed by atoms with Gasteiger partial charge >= 0.3 is 0 Å². The summed E-state index contributed by atoms with van der Waals surface area (Å²) in [6.45, 7) is 3.94. The molecular weight excluding hydrogens is 300 g/mol. The first kappa shape index (κ1) is 16.1. The molecule has 1 unspecified atom stereocenters. The molecule has 1 aromatic carbocycles. The van der Waals surface area contributed by atoms with Crippen molar-refractivity contribution in [2.45, 2.75) is 32.7 Å². The van der Waals surface area contributed by atoms with Crippen molar-refractivity contribution in [2.24, 2.45) is 0 Å². The smallest absolute Gasteiger partial charge is 0.273 e. The number of carbonyl (C=O) groups is 1. The summed E-state index contributed by atoms with van der Waals surface area (Å²) in [5.41, 5.74) is 2.12. The highest BCUT2D eigenvalue weighted by atomic mass is 32.1. The minimum absolute atomic E-state index is 0.0819. The Bertz CT molecular complexity index is 781. The number of hydrogen-bond donors (Lipinski definition) is 3. The average Bonchev–Trinajstić information content (AvgIpc) is 2.46. The predicted molar refractivity (Wildman–Crippen MR) is 86.1 cm³/mol. The number of nitrogens with one attached hydrogen (secondary N) is 3. The van der Waals surface area contributed by atoms with Crippen LogP contribution in [0, 0.1) is 11.7 Å². The van der Waals surface area contributed by atoms with Crippen LogP contribution < -0.4 is 10.9 Å². The van der Waals surface area contributed by atoms with Gasteiger partial charge in [-0.2, -0.15) is 5.10 Å². The number of nitrogens with zero attached hydrogens (tertiary/aromatic N) is 1. The average molecular weight is 318 g/mol. The second-order valence-electron chi connectivity index (χ2n) is 5.10. The Morgan fingerprint density at radius 1 is 1.41 bits per heavy atom. The second kappa shape index (κ2) is 7.13. The Labute approximate surface area is 133 Å². The van der Waals surface area contributed by atoms with E-state index in [0.29, 0.717) is 0 Å². The minimum Gasteiger partial charge on any atom is -0.350 e. The Kier molecular flexibility index (Phi) is 5.21. The van der Waals surface area contributed by atoms with Crippen LogP contribution in [-0.4, -0.2) is 21.1 Å². The van der Waals surface area contributed by atoms with Crippen molar-refractivity contribution in [3.63, 3.8) is 0 Å². The molecule has 0 spiro atoms. The number of hydrogen-bond acceptors (Lipinski definition) is 4. The van der Waals surface area contributed by atoms with E-state index in [9.17, 15) is 9.59 Å². The molecule has 2 aromatic rings. The lowest BCUT2D eigenvalue weighted by Crippen LogP contribution is -2.28. The lowest BCUT2D eigenvalue weighted by Gasteiger charge is -2.16. The van der Waals surface area contributed by atoms with Crippen molar-refractivity contribution in [3.05, 3.63) is 56.2 Å². The van der Waals surface area contributed by atoms with E-state index in [-0.39, 0.29) is 40.8 Å². The van der Waals surface area contributed by atoms with Crippen LogP contribution in [0.25, 0.3) is 0 Å². The molecule has 7 heteroatoms. The second-order valence-corrected chi connectivity index (χ2v) is 5.51. The van der Waals surface area contributed by atoms with Crippen molar-refractivity contribution in [3.8, 4) is 0 Å². The number of rotatable bonds is 5. The van der Waals surface area contributed by atoms with E-state index in [4.69, 9.17) is 12.2 Å². The van der Waals surface area contributed by atoms with Gasteiger partial charge < -0.3 is 5.32 Å². The first-order chi connectivity index (χ1) is 10.5. The van der Waals surface area contributed by atoms with Crippen LogP contribution in [0.4, 0.5) is 0 Å². The van der Waals surface area contributed by atoms with Crippen molar-refractivity contribution in [2.75, 3.05) is 0 Å². The molecule has 0 aliphatic rings. The van der Waals surface area contributed by atoms with Gasteiger partial charge in [0, 0.05) is 12.8 Å². The molecule has 1 aromatic heterocycles. The standard InChI is InChI=1S/C15H18N4O2S/c1-9-5-3-4-6-11(9)10(2)16-13(20)8-7-12-14(21)17-15(22)19-18-12/h3-6,10H,7-8H2,1-2H3,(H,16,20)(H2,17,19,21,22). The summed E-state index contributed by atoms with van der Waals surface area (Å²) in [5.74, 6) is -0.126. The fourth-order valence-electron chi connectivity index (χ4n) is 2.24. The number of aromatic amines is 2. The van der Waals surface area contributed by atoms with Gasteiger partial charge in [-0.05, 0) is 37.2 Å². The molecule has 0 aliphatic heterocycles. The molecule has 1 amide bonds. The van der Waals surface area contributed by atoms with Gasteiger partial charge in [-0.15, -0.1) is 0 Å². The van der Waals surface area contributed by atoms with Gasteiger partial charge in [-0.3, -0.25) is 19.7 Å². The monoisotopic (exact) mass is 318 g/mol. The van der Waals surface area contributed by atoms with E-state index in [1.54, 1.807) is 0 Å². The molecule has 22 heavy (non-hydrogen) atoms. The Morgan fingerprint density at radius 2 is 2.14 bits per heavy atom. The zero-order valence-electron chi connectivity index (χ0n) is 12.5. The van der Waals surface area contributed by atoms with Gasteiger partial charge in [-0.1, -0.05) is 24.3 Å².